The number of primary sulfonamides is 1. The van der Waals surface area contributed by atoms with Crippen molar-refractivity contribution in [3.63, 3.8) is 0 Å². The average Bonchev–Trinajstić information content (AvgIpc) is 3.23. The molecule has 3 aromatic carbocycles. The van der Waals surface area contributed by atoms with Gasteiger partial charge in [-0.25, -0.2) is 13.6 Å². The average molecular weight is 480 g/mol. The zero-order valence-corrected chi connectivity index (χ0v) is 18.6. The molecule has 0 saturated heterocycles. The van der Waals surface area contributed by atoms with E-state index in [0.717, 1.165) is 22.4 Å². The van der Waals surface area contributed by atoms with Gasteiger partial charge in [0, 0.05) is 16.9 Å². The molecule has 0 radical (unpaired) electrons. The Morgan fingerprint density at radius 1 is 1.03 bits per heavy atom. The van der Waals surface area contributed by atoms with E-state index in [4.69, 9.17) is 5.14 Å². The van der Waals surface area contributed by atoms with Crippen LogP contribution in [0, 0.1) is 10.1 Å². The van der Waals surface area contributed by atoms with E-state index in [0.29, 0.717) is 12.2 Å². The first-order valence-electron chi connectivity index (χ1n) is 10.1. The highest BCUT2D eigenvalue weighted by molar-refractivity contribution is 7.89. The number of nitrogens with one attached hydrogen (secondary N) is 1. The summed E-state index contributed by atoms with van der Waals surface area (Å²) in [6.45, 7) is -0.0729. The Balaban J connectivity index is 1.55. The number of aliphatic hydroxyl groups is 1. The SMILES string of the molecule is NS(=O)(=O)c1ccc(Nc2ccccc2-c2ccc(Cn3cc([N+](=O)[O-])nc3CO)cc2)cc1. The van der Waals surface area contributed by atoms with E-state index in [1.165, 1.54) is 18.3 Å². The quantitative estimate of drug-likeness (QED) is 0.258. The Hall–Kier alpha value is -4.06. The summed E-state index contributed by atoms with van der Waals surface area (Å²) in [6.07, 6.45) is 1.31. The summed E-state index contributed by atoms with van der Waals surface area (Å²) in [5.74, 6) is -0.0865. The third kappa shape index (κ3) is 5.12. The number of aromatic nitrogens is 2. The lowest BCUT2D eigenvalue weighted by atomic mass is 10.0. The van der Waals surface area contributed by atoms with E-state index >= 15 is 0 Å². The van der Waals surface area contributed by atoms with Gasteiger partial charge in [0.1, 0.15) is 12.8 Å². The molecule has 0 aliphatic rings. The molecule has 11 heteroatoms. The fourth-order valence-corrected chi connectivity index (χ4v) is 4.02. The van der Waals surface area contributed by atoms with Crippen LogP contribution in [0.4, 0.5) is 17.2 Å². The summed E-state index contributed by atoms with van der Waals surface area (Å²) < 4.78 is 24.5. The molecule has 4 N–H and O–H groups in total. The fourth-order valence-electron chi connectivity index (χ4n) is 3.50. The van der Waals surface area contributed by atoms with Crippen molar-refractivity contribution in [3.8, 4) is 11.1 Å². The van der Waals surface area contributed by atoms with E-state index in [2.05, 4.69) is 10.3 Å². The number of nitrogens with zero attached hydrogens (tertiary/aromatic N) is 3. The molecule has 0 atom stereocenters. The van der Waals surface area contributed by atoms with E-state index in [9.17, 15) is 23.6 Å². The number of imidazole rings is 1. The lowest BCUT2D eigenvalue weighted by molar-refractivity contribution is -0.389. The van der Waals surface area contributed by atoms with Crippen LogP contribution >= 0.6 is 0 Å². The van der Waals surface area contributed by atoms with Crippen molar-refractivity contribution >= 4 is 27.2 Å². The molecule has 0 amide bonds. The maximum Gasteiger partial charge on any atom is 0.381 e. The molecule has 0 aliphatic heterocycles. The predicted octanol–water partition coefficient (Wildman–Crippen LogP) is 3.39. The first-order valence-corrected chi connectivity index (χ1v) is 11.7. The summed E-state index contributed by atoms with van der Waals surface area (Å²) in [4.78, 5) is 14.2. The standard InChI is InChI=1S/C23H21N5O5S/c24-34(32,33)19-11-9-18(10-12-19)25-21-4-2-1-3-20(21)17-7-5-16(6-8-17)13-27-14-22(28(30)31)26-23(27)15-29/h1-12,14,25,29H,13,15H2,(H2,24,32,33). The molecule has 174 valence electrons. The predicted molar refractivity (Wildman–Crippen MR) is 127 cm³/mol. The van der Waals surface area contributed by atoms with Crippen molar-refractivity contribution in [1.29, 1.82) is 0 Å². The smallest absolute Gasteiger partial charge is 0.381 e. The Bertz CT molecular complexity index is 1430. The van der Waals surface area contributed by atoms with Gasteiger partial charge in [-0.05, 0) is 51.4 Å². The number of hydrogen-bond acceptors (Lipinski definition) is 7. The topological polar surface area (TPSA) is 153 Å². The third-order valence-corrected chi connectivity index (χ3v) is 6.11. The van der Waals surface area contributed by atoms with Gasteiger partial charge in [-0.3, -0.25) is 0 Å². The van der Waals surface area contributed by atoms with Crippen LogP contribution in [0.25, 0.3) is 11.1 Å². The normalized spacial score (nSPS) is 11.4. The van der Waals surface area contributed by atoms with Gasteiger partial charge < -0.3 is 25.1 Å². The van der Waals surface area contributed by atoms with Crippen LogP contribution < -0.4 is 10.5 Å². The summed E-state index contributed by atoms with van der Waals surface area (Å²) in [5.41, 5.74) is 4.28. The highest BCUT2D eigenvalue weighted by atomic mass is 32.2. The van der Waals surface area contributed by atoms with Crippen LogP contribution in [0.5, 0.6) is 0 Å². The number of sulfonamides is 1. The fraction of sp³-hybridized carbons (Fsp3) is 0.0870. The number of anilines is 2. The van der Waals surface area contributed by atoms with E-state index in [1.54, 1.807) is 16.7 Å². The van der Waals surface area contributed by atoms with Crippen molar-refractivity contribution in [1.82, 2.24) is 9.55 Å². The first-order chi connectivity index (χ1) is 16.2. The summed E-state index contributed by atoms with van der Waals surface area (Å²) >= 11 is 0. The van der Waals surface area contributed by atoms with Crippen LogP contribution in [0.2, 0.25) is 0 Å². The van der Waals surface area contributed by atoms with Crippen molar-refractivity contribution in [2.75, 3.05) is 5.32 Å². The number of aliphatic hydroxyl groups excluding tert-OH is 1. The molecule has 0 aliphatic carbocycles. The number of nitrogens with two attached hydrogens (primary N) is 1. The molecule has 0 fully saturated rings. The van der Waals surface area contributed by atoms with Crippen molar-refractivity contribution < 1.29 is 18.4 Å². The molecule has 34 heavy (non-hydrogen) atoms. The molecule has 4 rings (SSSR count). The lowest BCUT2D eigenvalue weighted by Gasteiger charge is -2.13. The van der Waals surface area contributed by atoms with E-state index < -0.39 is 21.6 Å². The second-order valence-corrected chi connectivity index (χ2v) is 9.06. The number of rotatable bonds is 8. The zero-order chi connectivity index (χ0) is 24.3. The highest BCUT2D eigenvalue weighted by Gasteiger charge is 2.18. The third-order valence-electron chi connectivity index (χ3n) is 5.18. The van der Waals surface area contributed by atoms with Gasteiger partial charge in [-0.2, -0.15) is 0 Å². The Kier molecular flexibility index (Phi) is 6.41. The molecule has 4 aromatic rings. The Morgan fingerprint density at radius 2 is 1.71 bits per heavy atom. The molecule has 0 spiro atoms. The van der Waals surface area contributed by atoms with Gasteiger partial charge in [-0.15, -0.1) is 0 Å². The van der Waals surface area contributed by atoms with Gasteiger partial charge in [0.25, 0.3) is 0 Å². The maximum absolute atomic E-state index is 11.5. The van der Waals surface area contributed by atoms with Crippen molar-refractivity contribution in [2.45, 2.75) is 18.0 Å². The zero-order valence-electron chi connectivity index (χ0n) is 17.8. The number of nitro groups is 1. The van der Waals surface area contributed by atoms with Gasteiger partial charge >= 0.3 is 5.82 Å². The molecule has 10 nitrogen and oxygen atoms in total. The summed E-state index contributed by atoms with van der Waals surface area (Å²) in [7, 11) is -3.76. The number of para-hydroxylation sites is 1. The van der Waals surface area contributed by atoms with Crippen molar-refractivity contribution in [3.05, 3.63) is 100 Å². The van der Waals surface area contributed by atoms with Crippen molar-refractivity contribution in [2.24, 2.45) is 5.14 Å². The monoisotopic (exact) mass is 479 g/mol. The Labute approximate surface area is 195 Å². The van der Waals surface area contributed by atoms with E-state index in [1.807, 2.05) is 48.5 Å². The minimum absolute atomic E-state index is 0.0366. The second kappa shape index (κ2) is 9.43. The molecule has 0 bridgehead atoms. The first kappa shape index (κ1) is 23.1. The van der Waals surface area contributed by atoms with Gasteiger partial charge in [-0.1, -0.05) is 42.5 Å². The summed E-state index contributed by atoms with van der Waals surface area (Å²) in [5, 5.41) is 28.9. The highest BCUT2D eigenvalue weighted by Crippen LogP contribution is 2.31. The van der Waals surface area contributed by atoms with E-state index in [-0.39, 0.29) is 16.5 Å². The molecule has 0 saturated carbocycles. The van der Waals surface area contributed by atoms with Crippen LogP contribution in [0.1, 0.15) is 11.4 Å². The van der Waals surface area contributed by atoms with Gasteiger partial charge in [0.05, 0.1) is 11.4 Å². The number of hydrogen-bond donors (Lipinski definition) is 3. The molecule has 0 unspecified atom stereocenters. The van der Waals surface area contributed by atoms with Crippen LogP contribution in [0.3, 0.4) is 0 Å². The van der Waals surface area contributed by atoms with Gasteiger partial charge in [0.15, 0.2) is 0 Å². The van der Waals surface area contributed by atoms with Crippen LogP contribution in [0.15, 0.2) is 83.9 Å². The van der Waals surface area contributed by atoms with Crippen LogP contribution in [-0.2, 0) is 23.2 Å². The molecule has 1 aromatic heterocycles. The summed E-state index contributed by atoms with van der Waals surface area (Å²) in [6, 6.07) is 21.5. The number of benzene rings is 3. The minimum atomic E-state index is -3.76. The van der Waals surface area contributed by atoms with Gasteiger partial charge in [0.2, 0.25) is 15.8 Å². The molecular weight excluding hydrogens is 458 g/mol. The Morgan fingerprint density at radius 3 is 2.32 bits per heavy atom. The second-order valence-electron chi connectivity index (χ2n) is 7.50. The van der Waals surface area contributed by atoms with Crippen LogP contribution in [-0.4, -0.2) is 28.0 Å². The minimum Gasteiger partial charge on any atom is -0.386 e. The lowest BCUT2D eigenvalue weighted by Crippen LogP contribution is -2.11. The molecule has 1 heterocycles. The maximum atomic E-state index is 11.5. The largest absolute Gasteiger partial charge is 0.386 e. The molecular formula is C23H21N5O5S.